The quantitative estimate of drug-likeness (QED) is 0.741. The molecule has 5 heteroatoms. The maximum absolute atomic E-state index is 12.0. The molecule has 2 rings (SSSR count). The van der Waals surface area contributed by atoms with E-state index in [-0.39, 0.29) is 17.5 Å². The number of carbonyl (C=O) groups excluding carboxylic acids is 1. The minimum atomic E-state index is -1.07. The number of hydrogen-bond acceptors (Lipinski definition) is 2. The van der Waals surface area contributed by atoms with Gasteiger partial charge >= 0.3 is 12.0 Å². The van der Waals surface area contributed by atoms with E-state index in [4.69, 9.17) is 0 Å². The van der Waals surface area contributed by atoms with E-state index in [2.05, 4.69) is 31.4 Å². The SMILES string of the molecule is CCC1CCC(NC(=O)NC2CC2(C)C)(C(=O)O)CC1. The first-order chi connectivity index (χ1) is 9.29. The van der Waals surface area contributed by atoms with Crippen molar-refractivity contribution in [2.24, 2.45) is 11.3 Å². The van der Waals surface area contributed by atoms with E-state index in [0.717, 1.165) is 25.7 Å². The summed E-state index contributed by atoms with van der Waals surface area (Å²) in [5.41, 5.74) is -0.928. The van der Waals surface area contributed by atoms with Crippen molar-refractivity contribution in [1.29, 1.82) is 0 Å². The van der Waals surface area contributed by atoms with Crippen molar-refractivity contribution in [3.63, 3.8) is 0 Å². The van der Waals surface area contributed by atoms with Crippen LogP contribution in [0.3, 0.4) is 0 Å². The summed E-state index contributed by atoms with van der Waals surface area (Å²) in [5.74, 6) is -0.313. The maximum atomic E-state index is 12.0. The van der Waals surface area contributed by atoms with Crippen LogP contribution in [0.2, 0.25) is 0 Å². The molecular formula is C15H26N2O3. The molecule has 114 valence electrons. The van der Waals surface area contributed by atoms with E-state index >= 15 is 0 Å². The van der Waals surface area contributed by atoms with Gasteiger partial charge in [0.15, 0.2) is 0 Å². The molecule has 1 atom stereocenters. The van der Waals surface area contributed by atoms with Crippen LogP contribution in [0.15, 0.2) is 0 Å². The Morgan fingerprint density at radius 2 is 1.80 bits per heavy atom. The van der Waals surface area contributed by atoms with E-state index in [0.29, 0.717) is 18.8 Å². The fraction of sp³-hybridized carbons (Fsp3) is 0.867. The van der Waals surface area contributed by atoms with E-state index in [9.17, 15) is 14.7 Å². The molecule has 0 radical (unpaired) electrons. The average molecular weight is 282 g/mol. The Kier molecular flexibility index (Phi) is 3.98. The van der Waals surface area contributed by atoms with Gasteiger partial charge < -0.3 is 15.7 Å². The molecule has 2 amide bonds. The van der Waals surface area contributed by atoms with E-state index < -0.39 is 11.5 Å². The van der Waals surface area contributed by atoms with Gasteiger partial charge in [0.1, 0.15) is 5.54 Å². The second kappa shape index (κ2) is 5.26. The molecule has 0 aliphatic heterocycles. The third kappa shape index (κ3) is 3.07. The number of carboxylic acids is 1. The number of rotatable bonds is 4. The van der Waals surface area contributed by atoms with Crippen LogP contribution >= 0.6 is 0 Å². The van der Waals surface area contributed by atoms with Crippen LogP contribution in [0.4, 0.5) is 4.79 Å². The minimum absolute atomic E-state index is 0.146. The largest absolute Gasteiger partial charge is 0.480 e. The topological polar surface area (TPSA) is 78.4 Å². The number of hydrogen-bond donors (Lipinski definition) is 3. The summed E-state index contributed by atoms with van der Waals surface area (Å²) in [6.45, 7) is 6.32. The van der Waals surface area contributed by atoms with Crippen LogP contribution in [0.1, 0.15) is 59.3 Å². The summed E-state index contributed by atoms with van der Waals surface area (Å²) in [5, 5.41) is 15.1. The van der Waals surface area contributed by atoms with Gasteiger partial charge in [-0.3, -0.25) is 0 Å². The smallest absolute Gasteiger partial charge is 0.329 e. The molecule has 3 N–H and O–H groups in total. The molecule has 2 fully saturated rings. The molecule has 0 saturated heterocycles. The molecule has 2 saturated carbocycles. The zero-order valence-corrected chi connectivity index (χ0v) is 12.7. The summed E-state index contributed by atoms with van der Waals surface area (Å²) >= 11 is 0. The van der Waals surface area contributed by atoms with Gasteiger partial charge in [0.25, 0.3) is 0 Å². The summed E-state index contributed by atoms with van der Waals surface area (Å²) in [6, 6.07) is -0.168. The molecular weight excluding hydrogens is 256 g/mol. The van der Waals surface area contributed by atoms with E-state index in [1.165, 1.54) is 0 Å². The Labute approximate surface area is 120 Å². The van der Waals surface area contributed by atoms with Crippen molar-refractivity contribution in [2.45, 2.75) is 70.9 Å². The number of carboxylic acid groups (broad SMARTS) is 1. The van der Waals surface area contributed by atoms with E-state index in [1.807, 2.05) is 0 Å². The standard InChI is InChI=1S/C15H26N2O3/c1-4-10-5-7-15(8-6-10,12(18)19)17-13(20)16-11-9-14(11,2)3/h10-11H,4-9H2,1-3H3,(H,18,19)(H2,16,17,20). The highest BCUT2D eigenvalue weighted by molar-refractivity contribution is 5.86. The van der Waals surface area contributed by atoms with Crippen molar-refractivity contribution in [3.05, 3.63) is 0 Å². The van der Waals surface area contributed by atoms with Crippen molar-refractivity contribution < 1.29 is 14.7 Å². The molecule has 20 heavy (non-hydrogen) atoms. The third-order valence-corrected chi connectivity index (χ3v) is 5.12. The summed E-state index contributed by atoms with van der Waals surface area (Å²) in [4.78, 5) is 23.6. The zero-order valence-electron chi connectivity index (χ0n) is 12.7. The number of amides is 2. The van der Waals surface area contributed by atoms with Crippen molar-refractivity contribution in [1.82, 2.24) is 10.6 Å². The lowest BCUT2D eigenvalue weighted by Crippen LogP contribution is -2.59. The number of aliphatic carboxylic acids is 1. The third-order valence-electron chi connectivity index (χ3n) is 5.12. The van der Waals surface area contributed by atoms with Gasteiger partial charge in [0, 0.05) is 6.04 Å². The Hall–Kier alpha value is -1.26. The molecule has 0 aromatic rings. The van der Waals surface area contributed by atoms with Gasteiger partial charge in [0.05, 0.1) is 0 Å². The number of carbonyl (C=O) groups is 2. The van der Waals surface area contributed by atoms with Crippen LogP contribution in [0.25, 0.3) is 0 Å². The van der Waals surface area contributed by atoms with Gasteiger partial charge in [-0.05, 0) is 43.4 Å². The predicted molar refractivity (Wildman–Crippen MR) is 76.5 cm³/mol. The average Bonchev–Trinajstić information content (AvgIpc) is 2.96. The first-order valence-electron chi connectivity index (χ1n) is 7.61. The molecule has 0 spiro atoms. The molecule has 0 bridgehead atoms. The maximum Gasteiger partial charge on any atom is 0.329 e. The van der Waals surface area contributed by atoms with Crippen molar-refractivity contribution in [3.8, 4) is 0 Å². The lowest BCUT2D eigenvalue weighted by Gasteiger charge is -2.37. The molecule has 2 aliphatic carbocycles. The first-order valence-corrected chi connectivity index (χ1v) is 7.61. The van der Waals surface area contributed by atoms with Crippen molar-refractivity contribution >= 4 is 12.0 Å². The predicted octanol–water partition coefficient (Wildman–Crippen LogP) is 2.51. The Balaban J connectivity index is 1.93. The second-order valence-electron chi connectivity index (χ2n) is 7.08. The number of nitrogens with one attached hydrogen (secondary N) is 2. The van der Waals surface area contributed by atoms with Gasteiger partial charge in [-0.15, -0.1) is 0 Å². The molecule has 1 unspecified atom stereocenters. The second-order valence-corrected chi connectivity index (χ2v) is 7.08. The normalized spacial score (nSPS) is 35.1. The van der Waals surface area contributed by atoms with Gasteiger partial charge in [-0.2, -0.15) is 0 Å². The summed E-state index contributed by atoms with van der Waals surface area (Å²) < 4.78 is 0. The van der Waals surface area contributed by atoms with Crippen LogP contribution in [-0.4, -0.2) is 28.7 Å². The fourth-order valence-corrected chi connectivity index (χ4v) is 3.10. The van der Waals surface area contributed by atoms with Crippen LogP contribution in [0, 0.1) is 11.3 Å². The van der Waals surface area contributed by atoms with Gasteiger partial charge in [-0.25, -0.2) is 9.59 Å². The highest BCUT2D eigenvalue weighted by atomic mass is 16.4. The highest BCUT2D eigenvalue weighted by Gasteiger charge is 2.48. The lowest BCUT2D eigenvalue weighted by atomic mass is 9.75. The Bertz CT molecular complexity index is 398. The fourth-order valence-electron chi connectivity index (χ4n) is 3.10. The van der Waals surface area contributed by atoms with Crippen LogP contribution < -0.4 is 10.6 Å². The van der Waals surface area contributed by atoms with Gasteiger partial charge in [0.2, 0.25) is 0 Å². The van der Waals surface area contributed by atoms with Gasteiger partial charge in [-0.1, -0.05) is 27.2 Å². The zero-order chi connectivity index (χ0) is 15.0. The summed E-state index contributed by atoms with van der Waals surface area (Å²) in [6.07, 6.45) is 4.84. The van der Waals surface area contributed by atoms with Crippen molar-refractivity contribution in [2.75, 3.05) is 0 Å². The van der Waals surface area contributed by atoms with E-state index in [1.54, 1.807) is 0 Å². The first kappa shape index (κ1) is 15.1. The molecule has 0 aromatic heterocycles. The molecule has 0 heterocycles. The monoisotopic (exact) mass is 282 g/mol. The minimum Gasteiger partial charge on any atom is -0.480 e. The van der Waals surface area contributed by atoms with Crippen LogP contribution in [-0.2, 0) is 4.79 Å². The Morgan fingerprint density at radius 3 is 2.20 bits per heavy atom. The molecule has 5 nitrogen and oxygen atoms in total. The van der Waals surface area contributed by atoms with Crippen LogP contribution in [0.5, 0.6) is 0 Å². The lowest BCUT2D eigenvalue weighted by molar-refractivity contribution is -0.146. The Morgan fingerprint density at radius 1 is 1.25 bits per heavy atom. The number of urea groups is 1. The molecule has 2 aliphatic rings. The summed E-state index contributed by atoms with van der Waals surface area (Å²) in [7, 11) is 0. The molecule has 0 aromatic carbocycles. The highest BCUT2D eigenvalue weighted by Crippen LogP contribution is 2.44.